The van der Waals surface area contributed by atoms with Crippen molar-refractivity contribution >= 4 is 17.5 Å². The molecule has 1 aromatic rings. The maximum Gasteiger partial charge on any atom is 0.218 e. The fourth-order valence-electron chi connectivity index (χ4n) is 1.26. The zero-order valence-corrected chi connectivity index (χ0v) is 9.88. The molecular weight excluding hydrogens is 228 g/mol. The molecular formula is C11H15ClN2O2. The Morgan fingerprint density at radius 2 is 2.31 bits per heavy atom. The predicted molar refractivity (Wildman–Crippen MR) is 63.5 cm³/mol. The molecule has 16 heavy (non-hydrogen) atoms. The number of ether oxygens (including phenoxy) is 1. The molecule has 0 aromatic heterocycles. The number of benzene rings is 1. The topological polar surface area (TPSA) is 64.3 Å². The number of carbonyl (C=O) groups is 1. The zero-order valence-electron chi connectivity index (χ0n) is 9.13. The lowest BCUT2D eigenvalue weighted by atomic mass is 10.2. The summed E-state index contributed by atoms with van der Waals surface area (Å²) in [6, 6.07) is 5.56. The van der Waals surface area contributed by atoms with Gasteiger partial charge in [0.1, 0.15) is 5.75 Å². The predicted octanol–water partition coefficient (Wildman–Crippen LogP) is 1.31. The standard InChI is InChI=1S/C11H15ClN2O2/c1-16-10-3-2-8(6-9(10)12)7-14-5-4-11(13)15/h2-3,6,14H,4-5,7H2,1H3,(H2,13,15). The molecule has 0 fully saturated rings. The molecule has 88 valence electrons. The number of nitrogens with one attached hydrogen (secondary N) is 1. The molecule has 1 aromatic carbocycles. The van der Waals surface area contributed by atoms with Gasteiger partial charge in [-0.15, -0.1) is 0 Å². The van der Waals surface area contributed by atoms with Crippen LogP contribution in [0.25, 0.3) is 0 Å². The van der Waals surface area contributed by atoms with E-state index in [-0.39, 0.29) is 5.91 Å². The van der Waals surface area contributed by atoms with Gasteiger partial charge in [0.05, 0.1) is 12.1 Å². The molecule has 0 atom stereocenters. The van der Waals surface area contributed by atoms with E-state index in [0.29, 0.717) is 30.3 Å². The van der Waals surface area contributed by atoms with Crippen LogP contribution in [0.4, 0.5) is 0 Å². The molecule has 0 saturated carbocycles. The molecule has 0 unspecified atom stereocenters. The van der Waals surface area contributed by atoms with Crippen LogP contribution in [0.5, 0.6) is 5.75 Å². The highest BCUT2D eigenvalue weighted by molar-refractivity contribution is 6.32. The minimum absolute atomic E-state index is 0.305. The number of rotatable bonds is 6. The van der Waals surface area contributed by atoms with Crippen LogP contribution in [0.3, 0.4) is 0 Å². The van der Waals surface area contributed by atoms with Crippen molar-refractivity contribution in [2.75, 3.05) is 13.7 Å². The number of hydrogen-bond donors (Lipinski definition) is 2. The second kappa shape index (κ2) is 6.35. The van der Waals surface area contributed by atoms with E-state index in [4.69, 9.17) is 22.1 Å². The third-order valence-electron chi connectivity index (χ3n) is 2.09. The zero-order chi connectivity index (χ0) is 12.0. The van der Waals surface area contributed by atoms with Crippen LogP contribution in [0.2, 0.25) is 5.02 Å². The Labute approximate surface area is 99.7 Å². The Morgan fingerprint density at radius 3 is 2.88 bits per heavy atom. The molecule has 0 saturated heterocycles. The molecule has 1 amide bonds. The van der Waals surface area contributed by atoms with Gasteiger partial charge in [0, 0.05) is 19.5 Å². The Bertz CT molecular complexity index is 369. The maximum absolute atomic E-state index is 10.5. The number of nitrogens with two attached hydrogens (primary N) is 1. The van der Waals surface area contributed by atoms with Gasteiger partial charge in [-0.1, -0.05) is 17.7 Å². The molecule has 4 nitrogen and oxygen atoms in total. The first-order chi connectivity index (χ1) is 7.63. The molecule has 3 N–H and O–H groups in total. The molecule has 0 heterocycles. The van der Waals surface area contributed by atoms with Crippen molar-refractivity contribution in [3.05, 3.63) is 28.8 Å². The van der Waals surface area contributed by atoms with Crippen LogP contribution in [-0.2, 0) is 11.3 Å². The lowest BCUT2D eigenvalue weighted by Gasteiger charge is -2.07. The van der Waals surface area contributed by atoms with Gasteiger partial charge in [0.15, 0.2) is 0 Å². The summed E-state index contributed by atoms with van der Waals surface area (Å²) in [5.41, 5.74) is 6.05. The van der Waals surface area contributed by atoms with Gasteiger partial charge < -0.3 is 15.8 Å². The van der Waals surface area contributed by atoms with E-state index in [0.717, 1.165) is 5.56 Å². The Morgan fingerprint density at radius 1 is 1.56 bits per heavy atom. The largest absolute Gasteiger partial charge is 0.495 e. The molecule has 0 aliphatic rings. The number of primary amides is 1. The average molecular weight is 243 g/mol. The van der Waals surface area contributed by atoms with Crippen LogP contribution < -0.4 is 15.8 Å². The lowest BCUT2D eigenvalue weighted by molar-refractivity contribution is -0.117. The quantitative estimate of drug-likeness (QED) is 0.740. The fraction of sp³-hybridized carbons (Fsp3) is 0.364. The number of methoxy groups -OCH3 is 1. The highest BCUT2D eigenvalue weighted by Crippen LogP contribution is 2.24. The first-order valence-electron chi connectivity index (χ1n) is 4.95. The molecule has 0 radical (unpaired) electrons. The smallest absolute Gasteiger partial charge is 0.218 e. The van der Waals surface area contributed by atoms with Crippen LogP contribution >= 0.6 is 11.6 Å². The van der Waals surface area contributed by atoms with E-state index in [1.165, 1.54) is 0 Å². The van der Waals surface area contributed by atoms with Crippen molar-refractivity contribution in [2.24, 2.45) is 5.73 Å². The molecule has 5 heteroatoms. The number of amides is 1. The van der Waals surface area contributed by atoms with Gasteiger partial charge in [0.25, 0.3) is 0 Å². The summed E-state index contributed by atoms with van der Waals surface area (Å²) >= 11 is 5.97. The van der Waals surface area contributed by atoms with Crippen molar-refractivity contribution in [3.8, 4) is 5.75 Å². The Kier molecular flexibility index (Phi) is 5.08. The Hall–Kier alpha value is -1.26. The van der Waals surface area contributed by atoms with Gasteiger partial charge in [-0.25, -0.2) is 0 Å². The number of halogens is 1. The highest BCUT2D eigenvalue weighted by Gasteiger charge is 2.01. The minimum Gasteiger partial charge on any atom is -0.495 e. The van der Waals surface area contributed by atoms with Crippen LogP contribution in [-0.4, -0.2) is 19.6 Å². The minimum atomic E-state index is -0.305. The van der Waals surface area contributed by atoms with Crippen molar-refractivity contribution in [2.45, 2.75) is 13.0 Å². The molecule has 0 aliphatic heterocycles. The lowest BCUT2D eigenvalue weighted by Crippen LogP contribution is -2.21. The summed E-state index contributed by atoms with van der Waals surface area (Å²) in [6.07, 6.45) is 0.337. The monoisotopic (exact) mass is 242 g/mol. The average Bonchev–Trinajstić information content (AvgIpc) is 2.24. The van der Waals surface area contributed by atoms with E-state index < -0.39 is 0 Å². The van der Waals surface area contributed by atoms with Crippen LogP contribution in [0, 0.1) is 0 Å². The fourth-order valence-corrected chi connectivity index (χ4v) is 1.54. The first kappa shape index (κ1) is 12.8. The summed E-state index contributed by atoms with van der Waals surface area (Å²) in [4.78, 5) is 10.5. The SMILES string of the molecule is COc1ccc(CNCCC(N)=O)cc1Cl. The third-order valence-corrected chi connectivity index (χ3v) is 2.39. The van der Waals surface area contributed by atoms with E-state index in [9.17, 15) is 4.79 Å². The number of carbonyl (C=O) groups excluding carboxylic acids is 1. The van der Waals surface area contributed by atoms with Gasteiger partial charge in [-0.3, -0.25) is 4.79 Å². The van der Waals surface area contributed by atoms with Crippen molar-refractivity contribution in [1.29, 1.82) is 0 Å². The van der Waals surface area contributed by atoms with Crippen molar-refractivity contribution in [1.82, 2.24) is 5.32 Å². The van der Waals surface area contributed by atoms with E-state index >= 15 is 0 Å². The van der Waals surface area contributed by atoms with Gasteiger partial charge in [-0.2, -0.15) is 0 Å². The van der Waals surface area contributed by atoms with Gasteiger partial charge in [-0.05, 0) is 17.7 Å². The molecule has 0 bridgehead atoms. The summed E-state index contributed by atoms with van der Waals surface area (Å²) in [6.45, 7) is 1.22. The maximum atomic E-state index is 10.5. The summed E-state index contributed by atoms with van der Waals surface area (Å²) < 4.78 is 5.04. The normalized spacial score (nSPS) is 10.1. The highest BCUT2D eigenvalue weighted by atomic mass is 35.5. The second-order valence-corrected chi connectivity index (χ2v) is 3.77. The molecule has 0 spiro atoms. The van der Waals surface area contributed by atoms with Gasteiger partial charge >= 0.3 is 0 Å². The van der Waals surface area contributed by atoms with Crippen LogP contribution in [0.15, 0.2) is 18.2 Å². The van der Waals surface area contributed by atoms with E-state index in [1.54, 1.807) is 7.11 Å². The third kappa shape index (κ3) is 4.08. The summed E-state index contributed by atoms with van der Waals surface area (Å²) in [7, 11) is 1.58. The second-order valence-electron chi connectivity index (χ2n) is 3.36. The Balaban J connectivity index is 2.43. The van der Waals surface area contributed by atoms with Crippen molar-refractivity contribution in [3.63, 3.8) is 0 Å². The molecule has 1 rings (SSSR count). The van der Waals surface area contributed by atoms with E-state index in [1.807, 2.05) is 18.2 Å². The summed E-state index contributed by atoms with van der Waals surface area (Å²) in [5.74, 6) is 0.350. The van der Waals surface area contributed by atoms with Crippen molar-refractivity contribution < 1.29 is 9.53 Å². The van der Waals surface area contributed by atoms with Crippen LogP contribution in [0.1, 0.15) is 12.0 Å². The van der Waals surface area contributed by atoms with Gasteiger partial charge in [0.2, 0.25) is 5.91 Å². The van der Waals surface area contributed by atoms with E-state index in [2.05, 4.69) is 5.32 Å². The first-order valence-corrected chi connectivity index (χ1v) is 5.32. The number of hydrogen-bond acceptors (Lipinski definition) is 3. The summed E-state index contributed by atoms with van der Waals surface area (Å²) in [5, 5.41) is 3.68. The molecule has 0 aliphatic carbocycles.